The van der Waals surface area contributed by atoms with Gasteiger partial charge in [-0.25, -0.2) is 4.57 Å². The molecule has 0 bridgehead atoms. The molecule has 2 aromatic heterocycles. The van der Waals surface area contributed by atoms with Crippen molar-refractivity contribution >= 4 is 32.6 Å². The maximum Gasteiger partial charge on any atom is 0.176 e. The number of nitrogens with zero attached hydrogens (tertiary/aromatic N) is 1. The smallest absolute Gasteiger partial charge is 0.176 e. The van der Waals surface area contributed by atoms with Crippen LogP contribution in [-0.4, -0.2) is 12.1 Å². The Morgan fingerprint density at radius 1 is 1.00 bits per heavy atom. The Balaban J connectivity index is 2.17. The third-order valence-electron chi connectivity index (χ3n) is 3.87. The summed E-state index contributed by atoms with van der Waals surface area (Å²) in [5, 5.41) is 4.92. The Hall–Kier alpha value is -2.55. The number of methoxy groups -OCH3 is 1. The summed E-state index contributed by atoms with van der Waals surface area (Å²) in [6.45, 7) is 0. The van der Waals surface area contributed by atoms with Crippen molar-refractivity contribution in [2.45, 2.75) is 0 Å². The van der Waals surface area contributed by atoms with E-state index in [4.69, 9.17) is 4.74 Å². The van der Waals surface area contributed by atoms with E-state index in [0.717, 1.165) is 11.3 Å². The molecule has 98 valence electrons. The standard InChI is InChI=1S/C17H14N2O/c1-19-8-7-13-11(10-19)3-5-14-15-9-12(20-2)4-6-16(15)18-17(13)14/h3-10H,1-2H3/p+1. The minimum atomic E-state index is 0.887. The summed E-state index contributed by atoms with van der Waals surface area (Å²) in [5.41, 5.74) is 2.33. The molecule has 0 atom stereocenters. The van der Waals surface area contributed by atoms with Gasteiger partial charge >= 0.3 is 0 Å². The molecule has 0 radical (unpaired) electrons. The predicted molar refractivity (Wildman–Crippen MR) is 81.0 cm³/mol. The summed E-state index contributed by atoms with van der Waals surface area (Å²) >= 11 is 0. The highest BCUT2D eigenvalue weighted by atomic mass is 16.5. The van der Waals surface area contributed by atoms with Gasteiger partial charge in [0.25, 0.3) is 0 Å². The van der Waals surface area contributed by atoms with Crippen molar-refractivity contribution < 1.29 is 9.30 Å². The van der Waals surface area contributed by atoms with Crippen molar-refractivity contribution in [2.75, 3.05) is 7.11 Å². The first kappa shape index (κ1) is 11.3. The zero-order chi connectivity index (χ0) is 13.7. The van der Waals surface area contributed by atoms with Crippen molar-refractivity contribution in [3.05, 3.63) is 48.8 Å². The number of rotatable bonds is 1. The zero-order valence-corrected chi connectivity index (χ0v) is 11.5. The highest BCUT2D eigenvalue weighted by molar-refractivity contribution is 6.16. The normalized spacial score (nSPS) is 11.5. The molecule has 2 heterocycles. The molecule has 4 aromatic rings. The van der Waals surface area contributed by atoms with E-state index in [1.807, 2.05) is 13.1 Å². The van der Waals surface area contributed by atoms with Crippen molar-refractivity contribution in [3.8, 4) is 5.75 Å². The van der Waals surface area contributed by atoms with Crippen LogP contribution in [0.25, 0.3) is 32.6 Å². The van der Waals surface area contributed by atoms with Gasteiger partial charge in [0.05, 0.1) is 12.6 Å². The lowest BCUT2D eigenvalue weighted by atomic mass is 10.1. The van der Waals surface area contributed by atoms with Crippen LogP contribution in [0, 0.1) is 0 Å². The van der Waals surface area contributed by atoms with E-state index in [0.29, 0.717) is 0 Å². The van der Waals surface area contributed by atoms with E-state index in [-0.39, 0.29) is 0 Å². The van der Waals surface area contributed by atoms with Crippen LogP contribution in [0.4, 0.5) is 0 Å². The zero-order valence-electron chi connectivity index (χ0n) is 11.5. The lowest BCUT2D eigenvalue weighted by Crippen LogP contribution is -2.25. The van der Waals surface area contributed by atoms with Gasteiger partial charge in [-0.3, -0.25) is 0 Å². The Morgan fingerprint density at radius 3 is 2.75 bits per heavy atom. The number of hydrogen-bond acceptors (Lipinski definition) is 1. The fourth-order valence-electron chi connectivity index (χ4n) is 2.86. The third-order valence-corrected chi connectivity index (χ3v) is 3.87. The van der Waals surface area contributed by atoms with Crippen molar-refractivity contribution in [2.24, 2.45) is 7.05 Å². The number of aromatic amines is 1. The number of aromatic nitrogens is 2. The molecule has 1 N–H and O–H groups in total. The van der Waals surface area contributed by atoms with Crippen LogP contribution in [0.5, 0.6) is 5.75 Å². The van der Waals surface area contributed by atoms with E-state index in [9.17, 15) is 0 Å². The van der Waals surface area contributed by atoms with Gasteiger partial charge in [-0.05, 0) is 24.3 Å². The minimum Gasteiger partial charge on any atom is -0.497 e. The molecule has 0 aliphatic rings. The van der Waals surface area contributed by atoms with E-state index < -0.39 is 0 Å². The minimum absolute atomic E-state index is 0.887. The molecular weight excluding hydrogens is 248 g/mol. The lowest BCUT2D eigenvalue weighted by molar-refractivity contribution is -0.670. The van der Waals surface area contributed by atoms with Gasteiger partial charge in [-0.15, -0.1) is 0 Å². The maximum absolute atomic E-state index is 5.33. The van der Waals surface area contributed by atoms with Crippen LogP contribution in [-0.2, 0) is 7.05 Å². The molecule has 0 saturated carbocycles. The first-order valence-corrected chi connectivity index (χ1v) is 6.64. The Morgan fingerprint density at radius 2 is 1.90 bits per heavy atom. The second-order valence-electron chi connectivity index (χ2n) is 5.14. The Bertz CT molecular complexity index is 953. The first-order valence-electron chi connectivity index (χ1n) is 6.64. The number of H-pyrrole nitrogens is 1. The summed E-state index contributed by atoms with van der Waals surface area (Å²) in [4.78, 5) is 3.53. The molecule has 0 amide bonds. The van der Waals surface area contributed by atoms with E-state index in [1.165, 1.54) is 27.1 Å². The summed E-state index contributed by atoms with van der Waals surface area (Å²) in [5.74, 6) is 0.887. The molecule has 0 fully saturated rings. The molecule has 0 spiro atoms. The fraction of sp³-hybridized carbons (Fsp3) is 0.118. The molecular formula is C17H15N2O+. The second kappa shape index (κ2) is 3.97. The average molecular weight is 263 g/mol. The molecule has 0 saturated heterocycles. The van der Waals surface area contributed by atoms with Crippen molar-refractivity contribution in [3.63, 3.8) is 0 Å². The van der Waals surface area contributed by atoms with Crippen LogP contribution in [0.15, 0.2) is 48.8 Å². The number of ether oxygens (including phenoxy) is 1. The number of nitrogens with one attached hydrogen (secondary N) is 1. The second-order valence-corrected chi connectivity index (χ2v) is 5.14. The topological polar surface area (TPSA) is 28.9 Å². The van der Waals surface area contributed by atoms with Crippen LogP contribution in [0.2, 0.25) is 0 Å². The molecule has 0 unspecified atom stereocenters. The molecule has 2 aromatic carbocycles. The average Bonchev–Trinajstić information content (AvgIpc) is 2.84. The molecule has 3 heteroatoms. The van der Waals surface area contributed by atoms with Crippen LogP contribution in [0.1, 0.15) is 0 Å². The first-order chi connectivity index (χ1) is 9.76. The van der Waals surface area contributed by atoms with Gasteiger partial charge < -0.3 is 9.72 Å². The lowest BCUT2D eigenvalue weighted by Gasteiger charge is -1.99. The molecule has 20 heavy (non-hydrogen) atoms. The van der Waals surface area contributed by atoms with E-state index >= 15 is 0 Å². The largest absolute Gasteiger partial charge is 0.497 e. The number of benzene rings is 2. The number of hydrogen-bond donors (Lipinski definition) is 1. The van der Waals surface area contributed by atoms with Crippen molar-refractivity contribution in [1.82, 2.24) is 4.98 Å². The maximum atomic E-state index is 5.33. The number of aryl methyl sites for hydroxylation is 1. The van der Waals surface area contributed by atoms with Crippen molar-refractivity contribution in [1.29, 1.82) is 0 Å². The van der Waals surface area contributed by atoms with Gasteiger partial charge in [0.15, 0.2) is 12.4 Å². The van der Waals surface area contributed by atoms with Gasteiger partial charge in [0.2, 0.25) is 0 Å². The van der Waals surface area contributed by atoms with Gasteiger partial charge in [0, 0.05) is 33.1 Å². The predicted octanol–water partition coefficient (Wildman–Crippen LogP) is 3.31. The summed E-state index contributed by atoms with van der Waals surface area (Å²) in [6.07, 6.45) is 4.22. The highest BCUT2D eigenvalue weighted by Gasteiger charge is 2.10. The third kappa shape index (κ3) is 1.50. The quantitative estimate of drug-likeness (QED) is 0.524. The number of fused-ring (bicyclic) bond motifs is 5. The highest BCUT2D eigenvalue weighted by Crippen LogP contribution is 2.32. The molecule has 4 rings (SSSR count). The Labute approximate surface area is 116 Å². The van der Waals surface area contributed by atoms with E-state index in [1.54, 1.807) is 7.11 Å². The number of pyridine rings is 1. The molecule has 3 nitrogen and oxygen atoms in total. The van der Waals surface area contributed by atoms with Crippen LogP contribution >= 0.6 is 0 Å². The fourth-order valence-corrected chi connectivity index (χ4v) is 2.86. The van der Waals surface area contributed by atoms with Gasteiger partial charge in [0.1, 0.15) is 12.8 Å². The summed E-state index contributed by atoms with van der Waals surface area (Å²) < 4.78 is 7.40. The summed E-state index contributed by atoms with van der Waals surface area (Å²) in [6, 6.07) is 12.6. The van der Waals surface area contributed by atoms with Crippen LogP contribution < -0.4 is 9.30 Å². The Kier molecular flexibility index (Phi) is 2.24. The van der Waals surface area contributed by atoms with Crippen LogP contribution in [0.3, 0.4) is 0 Å². The summed E-state index contributed by atoms with van der Waals surface area (Å²) in [7, 11) is 3.74. The monoisotopic (exact) mass is 263 g/mol. The SMILES string of the molecule is COc1ccc2[nH]c3c4cc[n+](C)cc4ccc3c2c1. The van der Waals surface area contributed by atoms with E-state index in [2.05, 4.69) is 52.3 Å². The molecule has 0 aliphatic heterocycles. The van der Waals surface area contributed by atoms with Gasteiger partial charge in [-0.1, -0.05) is 6.07 Å². The molecule has 0 aliphatic carbocycles. The van der Waals surface area contributed by atoms with Gasteiger partial charge in [-0.2, -0.15) is 0 Å².